The second kappa shape index (κ2) is 6.01. The van der Waals surface area contributed by atoms with Gasteiger partial charge in [-0.25, -0.2) is 0 Å². The lowest BCUT2D eigenvalue weighted by Crippen LogP contribution is -2.41. The van der Waals surface area contributed by atoms with E-state index in [9.17, 15) is 0 Å². The average Bonchev–Trinajstić information content (AvgIpc) is 3.00. The molecule has 24 heavy (non-hydrogen) atoms. The van der Waals surface area contributed by atoms with Gasteiger partial charge >= 0.3 is 7.12 Å². The van der Waals surface area contributed by atoms with Crippen molar-refractivity contribution in [2.45, 2.75) is 58.2 Å². The van der Waals surface area contributed by atoms with E-state index < -0.39 is 0 Å². The highest BCUT2D eigenvalue weighted by Crippen LogP contribution is 2.36. The Balaban J connectivity index is 1.79. The van der Waals surface area contributed by atoms with Crippen molar-refractivity contribution in [2.24, 2.45) is 7.05 Å². The summed E-state index contributed by atoms with van der Waals surface area (Å²) in [5.41, 5.74) is 1.68. The predicted octanol–water partition coefficient (Wildman–Crippen LogP) is 2.46. The van der Waals surface area contributed by atoms with Crippen LogP contribution >= 0.6 is 0 Å². The molecule has 6 heteroatoms. The highest BCUT2D eigenvalue weighted by atomic mass is 16.7. The van der Waals surface area contributed by atoms with Crippen LogP contribution < -0.4 is 5.46 Å². The molecule has 0 amide bonds. The Morgan fingerprint density at radius 3 is 2.42 bits per heavy atom. The summed E-state index contributed by atoms with van der Waals surface area (Å²) in [6.45, 7) is 10.5. The number of hydrogen-bond donors (Lipinski definition) is 0. The van der Waals surface area contributed by atoms with Crippen molar-refractivity contribution in [2.75, 3.05) is 0 Å². The maximum atomic E-state index is 6.16. The molecule has 2 aromatic rings. The largest absolute Gasteiger partial charge is 0.494 e. The van der Waals surface area contributed by atoms with Crippen LogP contribution in [0.1, 0.15) is 51.9 Å². The van der Waals surface area contributed by atoms with Gasteiger partial charge in [-0.2, -0.15) is 0 Å². The first-order chi connectivity index (χ1) is 11.2. The van der Waals surface area contributed by atoms with E-state index in [1.807, 2.05) is 11.6 Å². The maximum Gasteiger partial charge on any atom is 0.494 e. The molecule has 1 aliphatic heterocycles. The molecule has 0 bridgehead atoms. The highest BCUT2D eigenvalue weighted by Gasteiger charge is 2.51. The average molecular weight is 327 g/mol. The van der Waals surface area contributed by atoms with E-state index in [2.05, 4.69) is 69.1 Å². The molecule has 1 aromatic heterocycles. The van der Waals surface area contributed by atoms with Crippen molar-refractivity contribution >= 4 is 12.6 Å². The van der Waals surface area contributed by atoms with E-state index >= 15 is 0 Å². The van der Waals surface area contributed by atoms with Gasteiger partial charge in [0.1, 0.15) is 12.2 Å². The Morgan fingerprint density at radius 2 is 1.83 bits per heavy atom. The molecule has 3 rings (SSSR count). The Hall–Kier alpha value is -1.66. The minimum absolute atomic E-state index is 0.322. The molecule has 0 spiro atoms. The Labute approximate surface area is 144 Å². The van der Waals surface area contributed by atoms with Crippen molar-refractivity contribution in [1.29, 1.82) is 0 Å². The van der Waals surface area contributed by atoms with Gasteiger partial charge in [0, 0.05) is 13.5 Å². The van der Waals surface area contributed by atoms with Crippen LogP contribution in [-0.4, -0.2) is 33.1 Å². The monoisotopic (exact) mass is 327 g/mol. The number of nitrogens with zero attached hydrogens (tertiary/aromatic N) is 3. The lowest BCUT2D eigenvalue weighted by Gasteiger charge is -2.32. The zero-order chi connectivity index (χ0) is 17.5. The fourth-order valence-electron chi connectivity index (χ4n) is 2.87. The molecule has 0 unspecified atom stereocenters. The third-order valence-electron chi connectivity index (χ3n) is 5.30. The van der Waals surface area contributed by atoms with Gasteiger partial charge < -0.3 is 13.9 Å². The summed E-state index contributed by atoms with van der Waals surface area (Å²) in [5, 5.41) is 8.14. The van der Waals surface area contributed by atoms with Crippen molar-refractivity contribution in [3.05, 3.63) is 42.0 Å². The van der Waals surface area contributed by atoms with Crippen molar-refractivity contribution < 1.29 is 9.31 Å². The topological polar surface area (TPSA) is 49.2 Å². The molecule has 0 aliphatic carbocycles. The lowest BCUT2D eigenvalue weighted by atomic mass is 9.77. The number of aryl methyl sites for hydroxylation is 1. The summed E-state index contributed by atoms with van der Waals surface area (Å²) in [5.74, 6) is 1.33. The van der Waals surface area contributed by atoms with Gasteiger partial charge in [-0.3, -0.25) is 0 Å². The van der Waals surface area contributed by atoms with Crippen molar-refractivity contribution in [3.63, 3.8) is 0 Å². The van der Waals surface area contributed by atoms with Crippen LogP contribution in [0, 0.1) is 0 Å². The fraction of sp³-hybridized carbons (Fsp3) is 0.556. The van der Waals surface area contributed by atoms with Crippen LogP contribution in [0.5, 0.6) is 0 Å². The molecule has 128 valence electrons. The molecule has 1 aromatic carbocycles. The third-order valence-corrected chi connectivity index (χ3v) is 5.30. The first kappa shape index (κ1) is 17.2. The summed E-state index contributed by atoms with van der Waals surface area (Å²) in [6.07, 6.45) is 2.59. The first-order valence-corrected chi connectivity index (χ1v) is 8.48. The van der Waals surface area contributed by atoms with E-state index in [0.717, 1.165) is 17.7 Å². The van der Waals surface area contributed by atoms with Crippen LogP contribution in [0.15, 0.2) is 30.6 Å². The molecule has 1 saturated heterocycles. The molecular formula is C18H26BN3O2. The summed E-state index contributed by atoms with van der Waals surface area (Å²) >= 11 is 0. The van der Waals surface area contributed by atoms with Crippen molar-refractivity contribution in [1.82, 2.24) is 14.8 Å². The van der Waals surface area contributed by atoms with Crippen LogP contribution in [0.3, 0.4) is 0 Å². The molecule has 5 nitrogen and oxygen atoms in total. The van der Waals surface area contributed by atoms with E-state index in [-0.39, 0.29) is 18.3 Å². The third kappa shape index (κ3) is 3.13. The second-order valence-electron chi connectivity index (χ2n) is 7.72. The Bertz CT molecular complexity index is 711. The summed E-state index contributed by atoms with van der Waals surface area (Å²) < 4.78 is 14.3. The summed E-state index contributed by atoms with van der Waals surface area (Å²) in [4.78, 5) is 0. The molecule has 1 aliphatic rings. The second-order valence-corrected chi connectivity index (χ2v) is 7.72. The molecule has 1 fully saturated rings. The van der Waals surface area contributed by atoms with Crippen LogP contribution in [0.2, 0.25) is 0 Å². The Morgan fingerprint density at radius 1 is 1.17 bits per heavy atom. The van der Waals surface area contributed by atoms with E-state index in [1.165, 1.54) is 5.56 Å². The van der Waals surface area contributed by atoms with Gasteiger partial charge in [0.25, 0.3) is 0 Å². The zero-order valence-electron chi connectivity index (χ0n) is 15.4. The van der Waals surface area contributed by atoms with Crippen LogP contribution in [0.25, 0.3) is 0 Å². The van der Waals surface area contributed by atoms with Gasteiger partial charge in [-0.05, 0) is 44.6 Å². The molecule has 0 N–H and O–H groups in total. The summed E-state index contributed by atoms with van der Waals surface area (Å²) in [6, 6.07) is 8.47. The molecule has 1 atom stereocenters. The Kier molecular flexibility index (Phi) is 4.30. The standard InChI is InChI=1S/C18H26BN3O2/c1-13(10-16-21-20-12-22(16)6)14-8-7-9-15(11-14)19-23-17(2,3)18(4,5)24-19/h7-9,11-13H,10H2,1-6H3/t13-/m1/s1. The smallest absolute Gasteiger partial charge is 0.399 e. The fourth-order valence-corrected chi connectivity index (χ4v) is 2.87. The van der Waals surface area contributed by atoms with E-state index in [4.69, 9.17) is 9.31 Å². The van der Waals surface area contributed by atoms with Crippen LogP contribution in [0.4, 0.5) is 0 Å². The molecule has 2 heterocycles. The van der Waals surface area contributed by atoms with Crippen LogP contribution in [-0.2, 0) is 22.8 Å². The quantitative estimate of drug-likeness (QED) is 0.810. The van der Waals surface area contributed by atoms with E-state index in [0.29, 0.717) is 5.92 Å². The minimum atomic E-state index is -0.322. The maximum absolute atomic E-state index is 6.16. The summed E-state index contributed by atoms with van der Waals surface area (Å²) in [7, 11) is 1.65. The zero-order valence-corrected chi connectivity index (χ0v) is 15.4. The number of benzene rings is 1. The lowest BCUT2D eigenvalue weighted by molar-refractivity contribution is 0.00578. The predicted molar refractivity (Wildman–Crippen MR) is 95.3 cm³/mol. The van der Waals surface area contributed by atoms with Gasteiger partial charge in [0.2, 0.25) is 0 Å². The SMILES string of the molecule is C[C@H](Cc1nncn1C)c1cccc(B2OC(C)(C)C(C)(C)O2)c1. The molecule has 0 radical (unpaired) electrons. The number of rotatable bonds is 4. The normalized spacial score (nSPS) is 20.3. The first-order valence-electron chi connectivity index (χ1n) is 8.48. The van der Waals surface area contributed by atoms with Gasteiger partial charge in [-0.15, -0.1) is 10.2 Å². The highest BCUT2D eigenvalue weighted by molar-refractivity contribution is 6.62. The van der Waals surface area contributed by atoms with Gasteiger partial charge in [0.15, 0.2) is 0 Å². The van der Waals surface area contributed by atoms with Gasteiger partial charge in [0.05, 0.1) is 11.2 Å². The number of aromatic nitrogens is 3. The number of hydrogen-bond acceptors (Lipinski definition) is 4. The van der Waals surface area contributed by atoms with Crippen molar-refractivity contribution in [3.8, 4) is 0 Å². The molecule has 0 saturated carbocycles. The van der Waals surface area contributed by atoms with Gasteiger partial charge in [-0.1, -0.05) is 31.2 Å². The van der Waals surface area contributed by atoms with E-state index in [1.54, 1.807) is 6.33 Å². The minimum Gasteiger partial charge on any atom is -0.399 e. The molecular weight excluding hydrogens is 301 g/mol.